The van der Waals surface area contributed by atoms with E-state index in [0.29, 0.717) is 15.6 Å². The molecule has 0 heterocycles. The maximum absolute atomic E-state index is 13.0. The topological polar surface area (TPSA) is 101 Å². The third-order valence-electron chi connectivity index (χ3n) is 5.37. The van der Waals surface area contributed by atoms with Gasteiger partial charge in [0.05, 0.1) is 21.4 Å². The van der Waals surface area contributed by atoms with Crippen LogP contribution in [-0.2, 0) is 4.79 Å². The van der Waals surface area contributed by atoms with Crippen molar-refractivity contribution in [2.45, 2.75) is 10.3 Å². The second-order valence-electron chi connectivity index (χ2n) is 7.78. The van der Waals surface area contributed by atoms with Crippen LogP contribution in [0.3, 0.4) is 0 Å². The van der Waals surface area contributed by atoms with Crippen molar-refractivity contribution in [3.63, 3.8) is 0 Å². The second-order valence-corrected chi connectivity index (χ2v) is 10.5. The van der Waals surface area contributed by atoms with Crippen molar-refractivity contribution in [2.75, 3.05) is 10.6 Å². The minimum Gasteiger partial charge on any atom is -0.326 e. The van der Waals surface area contributed by atoms with Gasteiger partial charge in [0.15, 0.2) is 0 Å². The van der Waals surface area contributed by atoms with Crippen molar-refractivity contribution in [2.24, 2.45) is 5.92 Å². The lowest BCUT2D eigenvalue weighted by Gasteiger charge is -2.10. The molecule has 0 unspecified atom stereocenters. The molecule has 2 amide bonds. The number of nitro benzene ring substituents is 1. The van der Waals surface area contributed by atoms with Crippen LogP contribution in [-0.4, -0.2) is 21.1 Å². The zero-order chi connectivity index (χ0) is 25.5. The highest BCUT2D eigenvalue weighted by Gasteiger charge is 2.67. The highest BCUT2D eigenvalue weighted by Crippen LogP contribution is 2.65. The van der Waals surface area contributed by atoms with Gasteiger partial charge in [-0.2, -0.15) is 0 Å². The molecule has 4 rings (SSSR count). The number of non-ortho nitro benzene ring substituents is 1. The quantitative estimate of drug-likeness (QED) is 0.183. The van der Waals surface area contributed by atoms with Gasteiger partial charge in [-0.1, -0.05) is 40.9 Å². The number of carbonyl (C=O) groups is 2. The van der Waals surface area contributed by atoms with E-state index in [2.05, 4.69) is 10.6 Å². The molecule has 1 saturated carbocycles. The minimum absolute atomic E-state index is 0.0490. The van der Waals surface area contributed by atoms with Gasteiger partial charge >= 0.3 is 0 Å². The van der Waals surface area contributed by atoms with Crippen LogP contribution in [0.15, 0.2) is 60.7 Å². The van der Waals surface area contributed by atoms with Gasteiger partial charge in [0, 0.05) is 39.5 Å². The lowest BCUT2D eigenvalue weighted by Crippen LogP contribution is -2.18. The summed E-state index contributed by atoms with van der Waals surface area (Å²) < 4.78 is -1.37. The van der Waals surface area contributed by atoms with E-state index in [-0.39, 0.29) is 27.6 Å². The Morgan fingerprint density at radius 1 is 0.886 bits per heavy atom. The summed E-state index contributed by atoms with van der Waals surface area (Å²) in [4.78, 5) is 36.1. The molecule has 0 aliphatic heterocycles. The number of hydrogen-bond acceptors (Lipinski definition) is 4. The van der Waals surface area contributed by atoms with Crippen molar-refractivity contribution in [1.82, 2.24) is 0 Å². The van der Waals surface area contributed by atoms with Crippen LogP contribution in [0, 0.1) is 16.0 Å². The predicted octanol–water partition coefficient (Wildman–Crippen LogP) is 7.33. The molecule has 0 aromatic heterocycles. The Morgan fingerprint density at radius 2 is 1.54 bits per heavy atom. The fourth-order valence-corrected chi connectivity index (χ4v) is 5.29. The van der Waals surface area contributed by atoms with Crippen LogP contribution in [0.2, 0.25) is 15.1 Å². The van der Waals surface area contributed by atoms with Gasteiger partial charge in [0.2, 0.25) is 5.91 Å². The van der Waals surface area contributed by atoms with Gasteiger partial charge in [-0.25, -0.2) is 0 Å². The normalized spacial score (nSPS) is 18.0. The number of anilines is 2. The summed E-state index contributed by atoms with van der Waals surface area (Å²) >= 11 is 31.1. The van der Waals surface area contributed by atoms with Gasteiger partial charge in [-0.3, -0.25) is 19.7 Å². The maximum Gasteiger partial charge on any atom is 0.271 e. The number of alkyl halides is 2. The minimum atomic E-state index is -1.37. The highest BCUT2D eigenvalue weighted by molar-refractivity contribution is 6.53. The number of carbonyl (C=O) groups excluding carboxylic acids is 2. The number of hydrogen-bond donors (Lipinski definition) is 2. The largest absolute Gasteiger partial charge is 0.326 e. The smallest absolute Gasteiger partial charge is 0.271 e. The van der Waals surface area contributed by atoms with Crippen molar-refractivity contribution < 1.29 is 14.5 Å². The van der Waals surface area contributed by atoms with Gasteiger partial charge < -0.3 is 10.6 Å². The Morgan fingerprint density at radius 3 is 2.20 bits per heavy atom. The molecule has 1 aliphatic carbocycles. The molecule has 12 heteroatoms. The average molecular weight is 574 g/mol. The number of nitrogens with one attached hydrogen (secondary N) is 2. The maximum atomic E-state index is 13.0. The number of rotatable bonds is 6. The van der Waals surface area contributed by atoms with E-state index in [1.165, 1.54) is 42.5 Å². The summed E-state index contributed by atoms with van der Waals surface area (Å²) in [6, 6.07) is 14.6. The zero-order valence-electron chi connectivity index (χ0n) is 17.4. The van der Waals surface area contributed by atoms with E-state index in [4.69, 9.17) is 58.0 Å². The molecular weight excluding hydrogens is 560 g/mol. The third-order valence-corrected chi connectivity index (χ3v) is 7.08. The van der Waals surface area contributed by atoms with Crippen molar-refractivity contribution in [3.05, 3.63) is 97.0 Å². The Labute approximate surface area is 224 Å². The second kappa shape index (κ2) is 9.84. The first-order chi connectivity index (χ1) is 16.5. The molecule has 1 aliphatic rings. The van der Waals surface area contributed by atoms with Crippen LogP contribution < -0.4 is 10.6 Å². The standard InChI is InChI=1S/C23H14Cl5N3O4/c24-12-6-11(7-13(25)8-12)19-20(23(19,27)28)22(33)30-15-4-5-18(26)17(10-15)21(32)29-14-2-1-3-16(9-14)31(34)35/h1-10,19-20H,(H,29,32)(H,30,33)/t19-,20+/m1/s1. The highest BCUT2D eigenvalue weighted by atomic mass is 35.5. The number of nitro groups is 1. The molecule has 2 atom stereocenters. The molecular formula is C23H14Cl5N3O4. The van der Waals surface area contributed by atoms with Gasteiger partial charge in [0.25, 0.3) is 11.6 Å². The number of benzene rings is 3. The SMILES string of the molecule is O=C(Nc1cccc([N+](=O)[O-])c1)c1cc(NC(=O)[C@@H]2[C@@H](c3cc(Cl)cc(Cl)c3)C2(Cl)Cl)ccc1Cl. The van der Waals surface area contributed by atoms with Crippen molar-refractivity contribution >= 4 is 86.9 Å². The summed E-state index contributed by atoms with van der Waals surface area (Å²) in [6.45, 7) is 0. The average Bonchev–Trinajstić information content (AvgIpc) is 3.36. The molecule has 0 radical (unpaired) electrons. The van der Waals surface area contributed by atoms with Crippen LogP contribution in [0.1, 0.15) is 21.8 Å². The Balaban J connectivity index is 1.51. The molecule has 3 aromatic carbocycles. The van der Waals surface area contributed by atoms with E-state index in [1.807, 2.05) is 0 Å². The van der Waals surface area contributed by atoms with Crippen molar-refractivity contribution in [3.8, 4) is 0 Å². The number of amides is 2. The monoisotopic (exact) mass is 571 g/mol. The Bertz CT molecular complexity index is 1340. The fourth-order valence-electron chi connectivity index (χ4n) is 3.72. The summed E-state index contributed by atoms with van der Waals surface area (Å²) in [5.74, 6) is -2.42. The summed E-state index contributed by atoms with van der Waals surface area (Å²) in [6.07, 6.45) is 0. The Kier molecular flexibility index (Phi) is 7.18. The van der Waals surface area contributed by atoms with E-state index in [9.17, 15) is 19.7 Å². The molecule has 35 heavy (non-hydrogen) atoms. The molecule has 0 bridgehead atoms. The first-order valence-electron chi connectivity index (χ1n) is 9.97. The van der Waals surface area contributed by atoms with E-state index < -0.39 is 32.9 Å². The van der Waals surface area contributed by atoms with Gasteiger partial charge in [-0.05, 0) is 48.0 Å². The molecule has 180 valence electrons. The predicted molar refractivity (Wildman–Crippen MR) is 138 cm³/mol. The lowest BCUT2D eigenvalue weighted by atomic mass is 10.1. The summed E-state index contributed by atoms with van der Waals surface area (Å²) in [5.41, 5.74) is 0.988. The third kappa shape index (κ3) is 5.50. The molecule has 7 nitrogen and oxygen atoms in total. The lowest BCUT2D eigenvalue weighted by molar-refractivity contribution is -0.384. The van der Waals surface area contributed by atoms with E-state index >= 15 is 0 Å². The zero-order valence-corrected chi connectivity index (χ0v) is 21.2. The van der Waals surface area contributed by atoms with Gasteiger partial charge in [-0.15, -0.1) is 23.2 Å². The van der Waals surface area contributed by atoms with Crippen LogP contribution in [0.25, 0.3) is 0 Å². The van der Waals surface area contributed by atoms with Crippen LogP contribution in [0.4, 0.5) is 17.1 Å². The van der Waals surface area contributed by atoms with E-state index in [1.54, 1.807) is 18.2 Å². The first-order valence-corrected chi connectivity index (χ1v) is 11.9. The molecule has 0 spiro atoms. The number of nitrogens with zero attached hydrogens (tertiary/aromatic N) is 1. The number of halogens is 5. The fraction of sp³-hybridized carbons (Fsp3) is 0.130. The van der Waals surface area contributed by atoms with Crippen molar-refractivity contribution in [1.29, 1.82) is 0 Å². The molecule has 1 fully saturated rings. The van der Waals surface area contributed by atoms with E-state index in [0.717, 1.165) is 0 Å². The summed E-state index contributed by atoms with van der Waals surface area (Å²) in [7, 11) is 0. The molecule has 2 N–H and O–H groups in total. The molecule has 0 saturated heterocycles. The summed E-state index contributed by atoms with van der Waals surface area (Å²) in [5, 5.41) is 17.1. The first kappa shape index (κ1) is 25.5. The molecule has 3 aromatic rings. The Hall–Kier alpha value is -2.55. The van der Waals surface area contributed by atoms with Crippen LogP contribution in [0.5, 0.6) is 0 Å². The van der Waals surface area contributed by atoms with Gasteiger partial charge in [0.1, 0.15) is 4.33 Å². The van der Waals surface area contributed by atoms with Crippen LogP contribution >= 0.6 is 58.0 Å².